The Morgan fingerprint density at radius 3 is 2.15 bits per heavy atom. The van der Waals surface area contributed by atoms with Gasteiger partial charge in [0.15, 0.2) is 0 Å². The van der Waals surface area contributed by atoms with Gasteiger partial charge in [-0.1, -0.05) is 47.5 Å². The summed E-state index contributed by atoms with van der Waals surface area (Å²) in [4.78, 5) is 24.8. The molecule has 0 bridgehead atoms. The van der Waals surface area contributed by atoms with Crippen LogP contribution in [0.1, 0.15) is 31.8 Å². The van der Waals surface area contributed by atoms with Crippen molar-refractivity contribution in [2.75, 3.05) is 5.32 Å². The molecule has 2 N–H and O–H groups in total. The molecule has 0 radical (unpaired) electrons. The minimum atomic E-state index is -0.287. The monoisotopic (exact) mass is 378 g/mol. The molecule has 5 heteroatoms. The van der Waals surface area contributed by atoms with Crippen LogP contribution in [0.2, 0.25) is 5.02 Å². The molecule has 2 amide bonds. The first-order valence-electron chi connectivity index (χ1n) is 8.52. The molecule has 0 aliphatic rings. The van der Waals surface area contributed by atoms with Gasteiger partial charge in [0.2, 0.25) is 0 Å². The lowest BCUT2D eigenvalue weighted by Gasteiger charge is -2.08. The lowest BCUT2D eigenvalue weighted by Crippen LogP contribution is -2.23. The minimum absolute atomic E-state index is 0.225. The van der Waals surface area contributed by atoms with Crippen LogP contribution in [0.3, 0.4) is 0 Å². The van der Waals surface area contributed by atoms with Gasteiger partial charge in [0.25, 0.3) is 11.8 Å². The summed E-state index contributed by atoms with van der Waals surface area (Å²) in [6.07, 6.45) is 0. The van der Waals surface area contributed by atoms with E-state index < -0.39 is 0 Å². The average Bonchev–Trinajstić information content (AvgIpc) is 2.69. The molecule has 27 heavy (non-hydrogen) atoms. The van der Waals surface area contributed by atoms with E-state index in [-0.39, 0.29) is 11.8 Å². The van der Waals surface area contributed by atoms with Crippen LogP contribution in [0.4, 0.5) is 5.69 Å². The van der Waals surface area contributed by atoms with Gasteiger partial charge in [0, 0.05) is 28.4 Å². The molecule has 136 valence electrons. The highest BCUT2D eigenvalue weighted by atomic mass is 35.5. The Morgan fingerprint density at radius 2 is 1.48 bits per heavy atom. The van der Waals surface area contributed by atoms with E-state index in [1.165, 1.54) is 5.56 Å². The third-order valence-corrected chi connectivity index (χ3v) is 4.31. The molecule has 0 spiro atoms. The van der Waals surface area contributed by atoms with E-state index in [0.717, 1.165) is 5.56 Å². The van der Waals surface area contributed by atoms with Gasteiger partial charge in [-0.2, -0.15) is 0 Å². The molecule has 3 aromatic carbocycles. The molecule has 0 atom stereocenters. The summed E-state index contributed by atoms with van der Waals surface area (Å²) in [7, 11) is 0. The van der Waals surface area contributed by atoms with Gasteiger partial charge in [0.1, 0.15) is 0 Å². The third kappa shape index (κ3) is 5.19. The molecule has 0 saturated carbocycles. The molecular formula is C22H19ClN2O2. The summed E-state index contributed by atoms with van der Waals surface area (Å²) >= 11 is 5.85. The van der Waals surface area contributed by atoms with Gasteiger partial charge < -0.3 is 10.6 Å². The van der Waals surface area contributed by atoms with E-state index in [1.54, 1.807) is 48.5 Å². The smallest absolute Gasteiger partial charge is 0.255 e. The number of nitrogens with one attached hydrogen (secondary N) is 2. The summed E-state index contributed by atoms with van der Waals surface area (Å²) in [6, 6.07) is 21.4. The number of carbonyl (C=O) groups is 2. The van der Waals surface area contributed by atoms with Crippen LogP contribution in [0, 0.1) is 6.92 Å². The van der Waals surface area contributed by atoms with Crippen molar-refractivity contribution in [3.8, 4) is 0 Å². The van der Waals surface area contributed by atoms with E-state index in [4.69, 9.17) is 11.6 Å². The zero-order valence-electron chi connectivity index (χ0n) is 14.8. The standard InChI is InChI=1S/C22H19ClN2O2/c1-15-5-7-16(8-6-15)14-24-21(26)17-3-2-4-18(13-17)22(27)25-20-11-9-19(23)10-12-20/h2-13H,14H2,1H3,(H,24,26)(H,25,27). The molecule has 0 heterocycles. The van der Waals surface area contributed by atoms with Crippen molar-refractivity contribution in [1.29, 1.82) is 0 Å². The predicted molar refractivity (Wildman–Crippen MR) is 108 cm³/mol. The van der Waals surface area contributed by atoms with Crippen LogP contribution in [0.25, 0.3) is 0 Å². The van der Waals surface area contributed by atoms with Gasteiger partial charge in [-0.25, -0.2) is 0 Å². The number of hydrogen-bond donors (Lipinski definition) is 2. The van der Waals surface area contributed by atoms with E-state index >= 15 is 0 Å². The second kappa shape index (κ2) is 8.52. The molecule has 0 aliphatic carbocycles. The summed E-state index contributed by atoms with van der Waals surface area (Å²) in [5.74, 6) is -0.512. The lowest BCUT2D eigenvalue weighted by atomic mass is 10.1. The molecule has 0 fully saturated rings. The van der Waals surface area contributed by atoms with Gasteiger partial charge in [-0.15, -0.1) is 0 Å². The predicted octanol–water partition coefficient (Wildman–Crippen LogP) is 4.83. The van der Waals surface area contributed by atoms with Gasteiger partial charge in [0.05, 0.1) is 0 Å². The van der Waals surface area contributed by atoms with E-state index in [0.29, 0.717) is 28.4 Å². The first kappa shape index (κ1) is 18.7. The molecular weight excluding hydrogens is 360 g/mol. The highest BCUT2D eigenvalue weighted by Gasteiger charge is 2.11. The van der Waals surface area contributed by atoms with Crippen LogP contribution in [-0.4, -0.2) is 11.8 Å². The first-order valence-corrected chi connectivity index (χ1v) is 8.90. The summed E-state index contributed by atoms with van der Waals surface area (Å²) < 4.78 is 0. The Kier molecular flexibility index (Phi) is 5.89. The zero-order valence-corrected chi connectivity index (χ0v) is 15.6. The number of benzene rings is 3. The number of halogens is 1. The maximum absolute atomic E-state index is 12.4. The Hall–Kier alpha value is -3.11. The van der Waals surface area contributed by atoms with Crippen molar-refractivity contribution in [2.45, 2.75) is 13.5 Å². The van der Waals surface area contributed by atoms with Gasteiger partial charge >= 0.3 is 0 Å². The SMILES string of the molecule is Cc1ccc(CNC(=O)c2cccc(C(=O)Nc3ccc(Cl)cc3)c2)cc1. The highest BCUT2D eigenvalue weighted by Crippen LogP contribution is 2.15. The lowest BCUT2D eigenvalue weighted by molar-refractivity contribution is 0.0951. The number of anilines is 1. The largest absolute Gasteiger partial charge is 0.348 e. The van der Waals surface area contributed by atoms with Crippen molar-refractivity contribution < 1.29 is 9.59 Å². The quantitative estimate of drug-likeness (QED) is 0.668. The topological polar surface area (TPSA) is 58.2 Å². The van der Waals surface area contributed by atoms with E-state index in [1.807, 2.05) is 31.2 Å². The number of hydrogen-bond acceptors (Lipinski definition) is 2. The van der Waals surface area contributed by atoms with Gasteiger partial charge in [-0.05, 0) is 55.0 Å². The number of rotatable bonds is 5. The molecule has 0 unspecified atom stereocenters. The summed E-state index contributed by atoms with van der Waals surface area (Å²) in [5, 5.41) is 6.25. The Bertz CT molecular complexity index is 951. The zero-order chi connectivity index (χ0) is 19.2. The fraction of sp³-hybridized carbons (Fsp3) is 0.0909. The first-order chi connectivity index (χ1) is 13.0. The normalized spacial score (nSPS) is 10.3. The number of amides is 2. The van der Waals surface area contributed by atoms with Crippen LogP contribution in [-0.2, 0) is 6.54 Å². The van der Waals surface area contributed by atoms with E-state index in [2.05, 4.69) is 10.6 Å². The highest BCUT2D eigenvalue weighted by molar-refractivity contribution is 6.30. The van der Waals surface area contributed by atoms with E-state index in [9.17, 15) is 9.59 Å². The Labute approximate surface area is 163 Å². The fourth-order valence-electron chi connectivity index (χ4n) is 2.53. The molecule has 0 aliphatic heterocycles. The van der Waals surface area contributed by atoms with Crippen molar-refractivity contribution in [3.63, 3.8) is 0 Å². The molecule has 3 aromatic rings. The van der Waals surface area contributed by atoms with Gasteiger partial charge in [-0.3, -0.25) is 9.59 Å². The van der Waals surface area contributed by atoms with Crippen LogP contribution >= 0.6 is 11.6 Å². The Morgan fingerprint density at radius 1 is 0.852 bits per heavy atom. The molecule has 0 saturated heterocycles. The van der Waals surface area contributed by atoms with Crippen molar-refractivity contribution >= 4 is 29.1 Å². The molecule has 3 rings (SSSR count). The maximum Gasteiger partial charge on any atom is 0.255 e. The van der Waals surface area contributed by atoms with Crippen molar-refractivity contribution in [1.82, 2.24) is 5.32 Å². The number of aryl methyl sites for hydroxylation is 1. The Balaban J connectivity index is 1.65. The van der Waals surface area contributed by atoms with Crippen LogP contribution in [0.5, 0.6) is 0 Å². The summed E-state index contributed by atoms with van der Waals surface area (Å²) in [5.41, 5.74) is 3.67. The van der Waals surface area contributed by atoms with Crippen LogP contribution in [0.15, 0.2) is 72.8 Å². The molecule has 0 aromatic heterocycles. The fourth-order valence-corrected chi connectivity index (χ4v) is 2.65. The summed E-state index contributed by atoms with van der Waals surface area (Å²) in [6.45, 7) is 2.45. The second-order valence-corrected chi connectivity index (χ2v) is 6.65. The number of carbonyl (C=O) groups excluding carboxylic acids is 2. The molecule has 4 nitrogen and oxygen atoms in total. The third-order valence-electron chi connectivity index (χ3n) is 4.06. The van der Waals surface area contributed by atoms with Crippen molar-refractivity contribution in [2.24, 2.45) is 0 Å². The maximum atomic E-state index is 12.4. The minimum Gasteiger partial charge on any atom is -0.348 e. The van der Waals surface area contributed by atoms with Crippen LogP contribution < -0.4 is 10.6 Å². The second-order valence-electron chi connectivity index (χ2n) is 6.21. The van der Waals surface area contributed by atoms with Crippen molar-refractivity contribution in [3.05, 3.63) is 100 Å². The average molecular weight is 379 g/mol.